The minimum absolute atomic E-state index is 0.0536. The Morgan fingerprint density at radius 3 is 2.58 bits per heavy atom. The molecule has 1 saturated heterocycles. The van der Waals surface area contributed by atoms with Gasteiger partial charge >= 0.3 is 0 Å². The highest BCUT2D eigenvalue weighted by Crippen LogP contribution is 2.58. The fraction of sp³-hybridized carbons (Fsp3) is 0.500. The number of benzene rings is 1. The predicted molar refractivity (Wildman–Crippen MR) is 80.6 cm³/mol. The Hall–Kier alpha value is -2.09. The van der Waals surface area contributed by atoms with Crippen LogP contribution in [0.3, 0.4) is 0 Å². The summed E-state index contributed by atoms with van der Waals surface area (Å²) in [5.41, 5.74) is -0.410. The molecule has 2 amide bonds. The van der Waals surface area contributed by atoms with Crippen LogP contribution in [0.5, 0.6) is 0 Å². The summed E-state index contributed by atoms with van der Waals surface area (Å²) in [5, 5.41) is 7.88. The fourth-order valence-electron chi connectivity index (χ4n) is 3.30. The van der Waals surface area contributed by atoms with Crippen LogP contribution in [0.2, 0.25) is 0 Å². The lowest BCUT2D eigenvalue weighted by molar-refractivity contribution is -0.125. The number of hydrogen-bond acceptors (Lipinski definition) is 3. The van der Waals surface area contributed by atoms with Crippen molar-refractivity contribution in [1.82, 2.24) is 10.6 Å². The van der Waals surface area contributed by atoms with Gasteiger partial charge in [-0.25, -0.2) is 13.2 Å². The maximum absolute atomic E-state index is 13.5. The number of halogens is 3. The van der Waals surface area contributed by atoms with Crippen molar-refractivity contribution < 1.29 is 22.8 Å². The normalized spacial score (nSPS) is 21.4. The van der Waals surface area contributed by atoms with E-state index in [1.165, 1.54) is 0 Å². The molecule has 0 aromatic heterocycles. The number of carbonyl (C=O) groups excluding carboxylic acids is 2. The summed E-state index contributed by atoms with van der Waals surface area (Å²) in [6.07, 6.45) is 2.70. The van der Waals surface area contributed by atoms with Gasteiger partial charge in [-0.15, -0.1) is 0 Å². The van der Waals surface area contributed by atoms with Crippen LogP contribution in [-0.4, -0.2) is 31.4 Å². The maximum Gasteiger partial charge on any atom is 0.243 e. The van der Waals surface area contributed by atoms with E-state index in [9.17, 15) is 22.8 Å². The first-order valence-electron chi connectivity index (χ1n) is 7.85. The number of amides is 2. The molecule has 1 aromatic rings. The zero-order chi connectivity index (χ0) is 17.3. The molecule has 1 atom stereocenters. The van der Waals surface area contributed by atoms with Crippen LogP contribution in [0.15, 0.2) is 12.1 Å². The Balaban J connectivity index is 1.50. The molecule has 1 saturated carbocycles. The molecular formula is C16H18F3N3O2. The summed E-state index contributed by atoms with van der Waals surface area (Å²) in [6, 6.07) is 1.65. The van der Waals surface area contributed by atoms with Crippen molar-refractivity contribution in [3.63, 3.8) is 0 Å². The van der Waals surface area contributed by atoms with Crippen molar-refractivity contribution in [3.05, 3.63) is 29.6 Å². The molecule has 3 N–H and O–H groups in total. The first-order valence-corrected chi connectivity index (χ1v) is 7.85. The second-order valence-electron chi connectivity index (χ2n) is 6.36. The van der Waals surface area contributed by atoms with Gasteiger partial charge in [0.25, 0.3) is 0 Å². The van der Waals surface area contributed by atoms with Gasteiger partial charge < -0.3 is 16.0 Å². The van der Waals surface area contributed by atoms with Crippen molar-refractivity contribution in [2.75, 3.05) is 25.0 Å². The van der Waals surface area contributed by atoms with Crippen molar-refractivity contribution in [2.24, 2.45) is 11.3 Å². The largest absolute Gasteiger partial charge is 0.347 e. The first-order chi connectivity index (χ1) is 11.4. The van der Waals surface area contributed by atoms with Gasteiger partial charge in [-0.05, 0) is 49.9 Å². The standard InChI is InChI=1S/C16H18F3N3O2/c17-10-1-2-11(14(19)13(10)18)22-12(23)8-21-15(24)9-7-16(9)3-5-20-6-4-16/h1-2,9,20H,3-8H2,(H,21,24)(H,22,23). The lowest BCUT2D eigenvalue weighted by atomic mass is 9.92. The van der Waals surface area contributed by atoms with E-state index >= 15 is 0 Å². The van der Waals surface area contributed by atoms with Crippen molar-refractivity contribution in [2.45, 2.75) is 19.3 Å². The van der Waals surface area contributed by atoms with Crippen LogP contribution in [0.25, 0.3) is 0 Å². The van der Waals surface area contributed by atoms with E-state index in [2.05, 4.69) is 16.0 Å². The van der Waals surface area contributed by atoms with Gasteiger partial charge in [-0.3, -0.25) is 9.59 Å². The van der Waals surface area contributed by atoms with Crippen molar-refractivity contribution in [3.8, 4) is 0 Å². The molecular weight excluding hydrogens is 323 g/mol. The molecule has 8 heteroatoms. The molecule has 5 nitrogen and oxygen atoms in total. The minimum Gasteiger partial charge on any atom is -0.347 e. The molecule has 130 valence electrons. The zero-order valence-corrected chi connectivity index (χ0v) is 12.9. The number of rotatable bonds is 4. The van der Waals surface area contributed by atoms with Gasteiger partial charge in [0.1, 0.15) is 0 Å². The molecule has 24 heavy (non-hydrogen) atoms. The van der Waals surface area contributed by atoms with Crippen LogP contribution in [0.1, 0.15) is 19.3 Å². The van der Waals surface area contributed by atoms with Gasteiger partial charge in [0.05, 0.1) is 12.2 Å². The third-order valence-electron chi connectivity index (χ3n) is 4.84. The highest BCUT2D eigenvalue weighted by Gasteiger charge is 2.57. The lowest BCUT2D eigenvalue weighted by Crippen LogP contribution is -2.37. The minimum atomic E-state index is -1.65. The number of piperidine rings is 1. The average molecular weight is 341 g/mol. The predicted octanol–water partition coefficient (Wildman–Crippen LogP) is 1.55. The van der Waals surface area contributed by atoms with Crippen LogP contribution in [0, 0.1) is 28.8 Å². The van der Waals surface area contributed by atoms with Crippen LogP contribution in [0.4, 0.5) is 18.9 Å². The molecule has 3 rings (SSSR count). The summed E-state index contributed by atoms with van der Waals surface area (Å²) in [4.78, 5) is 23.9. The molecule has 0 bridgehead atoms. The number of carbonyl (C=O) groups is 2. The van der Waals surface area contributed by atoms with Gasteiger partial charge in [0.2, 0.25) is 11.8 Å². The number of anilines is 1. The van der Waals surface area contributed by atoms with Gasteiger partial charge in [-0.2, -0.15) is 0 Å². The molecule has 2 fully saturated rings. The fourth-order valence-corrected chi connectivity index (χ4v) is 3.30. The third kappa shape index (κ3) is 3.24. The molecule has 1 unspecified atom stereocenters. The molecule has 1 aromatic carbocycles. The van der Waals surface area contributed by atoms with E-state index < -0.39 is 29.0 Å². The molecule has 1 heterocycles. The maximum atomic E-state index is 13.5. The summed E-state index contributed by atoms with van der Waals surface area (Å²) in [6.45, 7) is 1.43. The van der Waals surface area contributed by atoms with Crippen LogP contribution in [-0.2, 0) is 9.59 Å². The highest BCUT2D eigenvalue weighted by atomic mass is 19.2. The Morgan fingerprint density at radius 1 is 1.17 bits per heavy atom. The highest BCUT2D eigenvalue weighted by molar-refractivity contribution is 5.95. The average Bonchev–Trinajstić information content (AvgIpc) is 3.27. The van der Waals surface area contributed by atoms with E-state index in [1.54, 1.807) is 0 Å². The first kappa shape index (κ1) is 16.8. The SMILES string of the molecule is O=C(CNC(=O)C1CC12CCNCC2)Nc1ccc(F)c(F)c1F. The third-order valence-corrected chi connectivity index (χ3v) is 4.84. The monoisotopic (exact) mass is 341 g/mol. The van der Waals surface area contributed by atoms with Crippen LogP contribution >= 0.6 is 0 Å². The summed E-state index contributed by atoms with van der Waals surface area (Å²) in [7, 11) is 0. The molecule has 1 aliphatic carbocycles. The van der Waals surface area contributed by atoms with E-state index in [0.717, 1.165) is 44.5 Å². The molecule has 1 spiro atoms. The second kappa shape index (κ2) is 6.43. The summed E-state index contributed by atoms with van der Waals surface area (Å²) in [5.74, 6) is -5.44. The second-order valence-corrected chi connectivity index (χ2v) is 6.36. The van der Waals surface area contributed by atoms with Gasteiger partial charge in [0.15, 0.2) is 17.5 Å². The van der Waals surface area contributed by atoms with E-state index in [1.807, 2.05) is 0 Å². The summed E-state index contributed by atoms with van der Waals surface area (Å²) >= 11 is 0. The van der Waals surface area contributed by atoms with Crippen molar-refractivity contribution in [1.29, 1.82) is 0 Å². The molecule has 0 radical (unpaired) electrons. The number of hydrogen-bond donors (Lipinski definition) is 3. The topological polar surface area (TPSA) is 70.2 Å². The smallest absolute Gasteiger partial charge is 0.243 e. The Morgan fingerprint density at radius 2 is 1.88 bits per heavy atom. The van der Waals surface area contributed by atoms with E-state index in [0.29, 0.717) is 0 Å². The molecule has 1 aliphatic heterocycles. The van der Waals surface area contributed by atoms with Crippen LogP contribution < -0.4 is 16.0 Å². The molecule has 2 aliphatic rings. The summed E-state index contributed by atoms with van der Waals surface area (Å²) < 4.78 is 39.4. The lowest BCUT2D eigenvalue weighted by Gasteiger charge is -2.23. The zero-order valence-electron chi connectivity index (χ0n) is 12.9. The van der Waals surface area contributed by atoms with E-state index in [4.69, 9.17) is 0 Å². The van der Waals surface area contributed by atoms with Gasteiger partial charge in [0, 0.05) is 5.92 Å². The Bertz CT molecular complexity index is 675. The Labute approximate surface area is 137 Å². The van der Waals surface area contributed by atoms with Crippen molar-refractivity contribution >= 4 is 17.5 Å². The van der Waals surface area contributed by atoms with E-state index in [-0.39, 0.29) is 23.8 Å². The number of nitrogens with one attached hydrogen (secondary N) is 3. The van der Waals surface area contributed by atoms with Gasteiger partial charge in [-0.1, -0.05) is 0 Å². The Kier molecular flexibility index (Phi) is 4.49. The quantitative estimate of drug-likeness (QED) is 0.728.